The summed E-state index contributed by atoms with van der Waals surface area (Å²) < 4.78 is 32.1. The molecule has 6 nitrogen and oxygen atoms in total. The first kappa shape index (κ1) is 19.9. The number of halogens is 3. The van der Waals surface area contributed by atoms with E-state index in [-0.39, 0.29) is 0 Å². The molecule has 0 aliphatic carbocycles. The van der Waals surface area contributed by atoms with Crippen LogP contribution in [0.2, 0.25) is 0 Å². The van der Waals surface area contributed by atoms with Crippen LogP contribution in [0.5, 0.6) is 0 Å². The average Bonchev–Trinajstić information content (AvgIpc) is 2.48. The van der Waals surface area contributed by atoms with Crippen molar-refractivity contribution in [1.29, 1.82) is 0 Å². The lowest BCUT2D eigenvalue weighted by Crippen LogP contribution is -2.53. The second-order valence-electron chi connectivity index (χ2n) is 4.01. The first-order valence-corrected chi connectivity index (χ1v) is 8.39. The molecule has 0 spiro atoms. The zero-order chi connectivity index (χ0) is 15.3. The third-order valence-electron chi connectivity index (χ3n) is 2.26. The Morgan fingerprint density at radius 2 is 0.857 bits per heavy atom. The number of alkyl halides is 3. The molecule has 1 fully saturated rings. The van der Waals surface area contributed by atoms with Gasteiger partial charge in [0, 0.05) is 37.5 Å². The van der Waals surface area contributed by atoms with Gasteiger partial charge in [-0.15, -0.1) is 34.8 Å². The predicted octanol–water partition coefficient (Wildman–Crippen LogP) is 1.94. The molecule has 0 amide bonds. The summed E-state index contributed by atoms with van der Waals surface area (Å²) in [6.45, 7) is 1.20. The van der Waals surface area contributed by atoms with Crippen molar-refractivity contribution in [2.75, 3.05) is 37.5 Å². The van der Waals surface area contributed by atoms with Crippen molar-refractivity contribution >= 4 is 56.8 Å². The lowest BCUT2D eigenvalue weighted by atomic mass is 9.96. The Morgan fingerprint density at radius 3 is 1.10 bits per heavy atom. The second kappa shape index (κ2) is 13.3. The van der Waals surface area contributed by atoms with Crippen LogP contribution in [0.1, 0.15) is 19.3 Å². The molecule has 0 N–H and O–H groups in total. The predicted molar refractivity (Wildman–Crippen MR) is 84.4 cm³/mol. The van der Waals surface area contributed by atoms with Gasteiger partial charge in [0.05, 0.1) is 0 Å². The van der Waals surface area contributed by atoms with Gasteiger partial charge in [0.25, 0.3) is 0 Å². The van der Waals surface area contributed by atoms with Gasteiger partial charge in [-0.25, -0.2) is 0 Å². The van der Waals surface area contributed by atoms with E-state index in [2.05, 4.69) is 0 Å². The molecule has 1 heterocycles. The zero-order valence-electron chi connectivity index (χ0n) is 11.7. The molecule has 0 aromatic carbocycles. The third-order valence-corrected chi connectivity index (χ3v) is 3.06. The first-order chi connectivity index (χ1) is 10.3. The van der Waals surface area contributed by atoms with Gasteiger partial charge in [-0.2, -0.15) is 0 Å². The van der Waals surface area contributed by atoms with Crippen LogP contribution < -0.4 is 0 Å². The van der Waals surface area contributed by atoms with Gasteiger partial charge in [-0.3, -0.25) is 0 Å². The Labute approximate surface area is 141 Å². The van der Waals surface area contributed by atoms with Crippen molar-refractivity contribution in [1.82, 2.24) is 0 Å². The summed E-state index contributed by atoms with van der Waals surface area (Å²) in [5.41, 5.74) is 0. The van der Waals surface area contributed by atoms with E-state index < -0.39 is 22.0 Å². The molecule has 0 saturated carbocycles. The molecular weight excluding hydrogens is 343 g/mol. The molecule has 0 atom stereocenters. The summed E-state index contributed by atoms with van der Waals surface area (Å²) in [5, 5.41) is 0. The summed E-state index contributed by atoms with van der Waals surface area (Å²) in [6.07, 6.45) is 2.05. The zero-order valence-corrected chi connectivity index (χ0v) is 13.9. The van der Waals surface area contributed by atoms with Crippen molar-refractivity contribution in [2.24, 2.45) is 0 Å². The largest absolute Gasteiger partial charge is 0.615 e. The van der Waals surface area contributed by atoms with Crippen LogP contribution in [-0.2, 0) is 27.7 Å². The van der Waals surface area contributed by atoms with Crippen LogP contribution in [0.15, 0.2) is 0 Å². The first-order valence-electron chi connectivity index (χ1n) is 6.79. The van der Waals surface area contributed by atoms with Gasteiger partial charge in [0.15, 0.2) is 0 Å². The van der Waals surface area contributed by atoms with E-state index in [1.807, 2.05) is 0 Å². The molecule has 0 bridgehead atoms. The van der Waals surface area contributed by atoms with E-state index in [1.165, 1.54) is 0 Å². The fourth-order valence-corrected chi connectivity index (χ4v) is 1.63. The standard InChI is InChI=1S/C9H18B3Cl3O6/c13-4-1-7-16-10-19-11(17-8-2-5-14)21-12(20-10)18-9-3-6-15/h1-9H2. The van der Waals surface area contributed by atoms with Crippen LogP contribution in [0.25, 0.3) is 0 Å². The Kier molecular flexibility index (Phi) is 12.6. The molecule has 0 aromatic rings. The highest BCUT2D eigenvalue weighted by molar-refractivity contribution is 6.66. The molecule has 0 unspecified atom stereocenters. The summed E-state index contributed by atoms with van der Waals surface area (Å²) in [5.74, 6) is 1.48. The Hall–Kier alpha value is 0.825. The van der Waals surface area contributed by atoms with E-state index in [0.717, 1.165) is 0 Å². The smallest absolute Gasteiger partial charge is 0.400 e. The topological polar surface area (TPSA) is 55.4 Å². The Balaban J connectivity index is 2.35. The van der Waals surface area contributed by atoms with Gasteiger partial charge < -0.3 is 27.7 Å². The molecule has 1 aliphatic heterocycles. The summed E-state index contributed by atoms with van der Waals surface area (Å²) >= 11 is 16.8. The second-order valence-corrected chi connectivity index (χ2v) is 5.15. The molecule has 0 radical (unpaired) electrons. The summed E-state index contributed by atoms with van der Waals surface area (Å²) in [4.78, 5) is 0. The van der Waals surface area contributed by atoms with Gasteiger partial charge in [-0.1, -0.05) is 0 Å². The lowest BCUT2D eigenvalue weighted by Gasteiger charge is -2.28. The van der Waals surface area contributed by atoms with Crippen LogP contribution in [0, 0.1) is 0 Å². The van der Waals surface area contributed by atoms with Crippen molar-refractivity contribution in [3.8, 4) is 0 Å². The van der Waals surface area contributed by atoms with E-state index in [1.54, 1.807) is 0 Å². The van der Waals surface area contributed by atoms with Crippen molar-refractivity contribution in [3.63, 3.8) is 0 Å². The maximum atomic E-state index is 5.58. The molecule has 12 heteroatoms. The monoisotopic (exact) mass is 360 g/mol. The number of rotatable bonds is 12. The van der Waals surface area contributed by atoms with Crippen LogP contribution >= 0.6 is 34.8 Å². The third kappa shape index (κ3) is 9.53. The highest BCUT2D eigenvalue weighted by Crippen LogP contribution is 2.12. The van der Waals surface area contributed by atoms with E-state index in [0.29, 0.717) is 56.7 Å². The average molecular weight is 361 g/mol. The van der Waals surface area contributed by atoms with Gasteiger partial charge in [0.1, 0.15) is 0 Å². The molecule has 21 heavy (non-hydrogen) atoms. The molecule has 1 rings (SSSR count). The minimum Gasteiger partial charge on any atom is -0.400 e. The molecule has 0 aromatic heterocycles. The molecule has 1 saturated heterocycles. The summed E-state index contributed by atoms with van der Waals surface area (Å²) in [7, 11) is -2.78. The minimum atomic E-state index is -0.927. The van der Waals surface area contributed by atoms with E-state index in [4.69, 9.17) is 62.5 Å². The molecule has 120 valence electrons. The Morgan fingerprint density at radius 1 is 0.571 bits per heavy atom. The van der Waals surface area contributed by atoms with Crippen LogP contribution in [-0.4, -0.2) is 59.4 Å². The summed E-state index contributed by atoms with van der Waals surface area (Å²) in [6, 6.07) is 0. The van der Waals surface area contributed by atoms with Gasteiger partial charge >= 0.3 is 22.0 Å². The minimum absolute atomic E-state index is 0.400. The highest BCUT2D eigenvalue weighted by atomic mass is 35.5. The number of hydrogen-bond donors (Lipinski definition) is 0. The Bertz CT molecular complexity index is 215. The maximum absolute atomic E-state index is 5.58. The highest BCUT2D eigenvalue weighted by Gasteiger charge is 2.46. The fraction of sp³-hybridized carbons (Fsp3) is 1.00. The van der Waals surface area contributed by atoms with E-state index in [9.17, 15) is 0 Å². The SMILES string of the molecule is ClCCCOB1OB(OCCCCl)OB(OCCCCl)O1. The van der Waals surface area contributed by atoms with E-state index >= 15 is 0 Å². The molecular formula is C9H18B3Cl3O6. The number of hydrogen-bond acceptors (Lipinski definition) is 6. The van der Waals surface area contributed by atoms with Gasteiger partial charge in [-0.05, 0) is 19.3 Å². The van der Waals surface area contributed by atoms with Gasteiger partial charge in [0.2, 0.25) is 0 Å². The van der Waals surface area contributed by atoms with Crippen molar-refractivity contribution in [2.45, 2.75) is 19.3 Å². The van der Waals surface area contributed by atoms with Crippen molar-refractivity contribution < 1.29 is 27.7 Å². The lowest BCUT2D eigenvalue weighted by molar-refractivity contribution is 0.0671. The normalized spacial score (nSPS) is 15.9. The fourth-order valence-electron chi connectivity index (χ4n) is 1.31. The van der Waals surface area contributed by atoms with Crippen molar-refractivity contribution in [3.05, 3.63) is 0 Å². The molecule has 1 aliphatic rings. The van der Waals surface area contributed by atoms with Crippen LogP contribution in [0.4, 0.5) is 0 Å². The maximum Gasteiger partial charge on any atom is 0.615 e. The quantitative estimate of drug-likeness (QED) is 0.301. The van der Waals surface area contributed by atoms with Crippen LogP contribution in [0.3, 0.4) is 0 Å².